The molecule has 0 spiro atoms. The largest absolute Gasteiger partial charge is 0.417 e. The maximum absolute atomic E-state index is 14.6. The van der Waals surface area contributed by atoms with Crippen molar-refractivity contribution in [3.8, 4) is 0 Å². The van der Waals surface area contributed by atoms with Gasteiger partial charge in [-0.2, -0.15) is 13.2 Å². The number of unbranched alkanes of at least 4 members (excludes halogenated alkanes) is 1. The highest BCUT2D eigenvalue weighted by molar-refractivity contribution is 7.92. The van der Waals surface area contributed by atoms with E-state index in [4.69, 9.17) is 34.8 Å². The second-order valence-electron chi connectivity index (χ2n) is 11.6. The van der Waals surface area contributed by atoms with Crippen LogP contribution in [-0.2, 0) is 38.8 Å². The van der Waals surface area contributed by atoms with E-state index in [0.29, 0.717) is 34.5 Å². The molecule has 266 valence electrons. The SMILES string of the molecule is CCCCNC(=O)[C@@H](Cc1ccccc1)N(Cc1ccc(Cl)c(Cl)c1)C(=O)CN(c1ccc(Cl)c(C(F)(F)F)c1)S(=O)(=O)c1ccc(C)cc1. The molecule has 2 amide bonds. The molecule has 7 nitrogen and oxygen atoms in total. The molecule has 0 unspecified atom stereocenters. The smallest absolute Gasteiger partial charge is 0.354 e. The van der Waals surface area contributed by atoms with Crippen molar-refractivity contribution in [1.29, 1.82) is 0 Å². The third kappa shape index (κ3) is 9.93. The van der Waals surface area contributed by atoms with E-state index in [1.807, 2.05) is 6.92 Å². The van der Waals surface area contributed by atoms with Gasteiger partial charge < -0.3 is 10.2 Å². The van der Waals surface area contributed by atoms with Crippen LogP contribution in [-0.4, -0.2) is 44.3 Å². The van der Waals surface area contributed by atoms with Gasteiger partial charge in [-0.3, -0.25) is 13.9 Å². The van der Waals surface area contributed by atoms with Crippen molar-refractivity contribution in [1.82, 2.24) is 10.2 Å². The van der Waals surface area contributed by atoms with Gasteiger partial charge in [0, 0.05) is 19.5 Å². The number of nitrogens with zero attached hydrogens (tertiary/aromatic N) is 2. The van der Waals surface area contributed by atoms with Crippen LogP contribution in [0.4, 0.5) is 18.9 Å². The molecule has 0 heterocycles. The summed E-state index contributed by atoms with van der Waals surface area (Å²) < 4.78 is 70.9. The zero-order valence-corrected chi connectivity index (χ0v) is 30.3. The predicted octanol–water partition coefficient (Wildman–Crippen LogP) is 8.73. The molecule has 4 aromatic rings. The lowest BCUT2D eigenvalue weighted by molar-refractivity contribution is -0.140. The van der Waals surface area contributed by atoms with Crippen LogP contribution in [0.15, 0.2) is 95.9 Å². The number of aryl methyl sites for hydroxylation is 1. The number of amides is 2. The van der Waals surface area contributed by atoms with Gasteiger partial charge in [-0.1, -0.05) is 102 Å². The second-order valence-corrected chi connectivity index (χ2v) is 14.7. The lowest BCUT2D eigenvalue weighted by Gasteiger charge is -2.34. The Kier molecular flexibility index (Phi) is 13.2. The molecular formula is C36H35Cl3F3N3O4S. The summed E-state index contributed by atoms with van der Waals surface area (Å²) in [6.07, 6.45) is -3.41. The van der Waals surface area contributed by atoms with Crippen LogP contribution in [0.1, 0.15) is 42.0 Å². The van der Waals surface area contributed by atoms with Crippen LogP contribution in [0.2, 0.25) is 15.1 Å². The molecule has 0 aliphatic heterocycles. The normalized spacial score (nSPS) is 12.3. The van der Waals surface area contributed by atoms with E-state index in [9.17, 15) is 31.2 Å². The number of alkyl halides is 3. The van der Waals surface area contributed by atoms with Crippen molar-refractivity contribution in [2.75, 3.05) is 17.4 Å². The van der Waals surface area contributed by atoms with Crippen molar-refractivity contribution >= 4 is 62.3 Å². The molecule has 1 N–H and O–H groups in total. The maximum atomic E-state index is 14.6. The fraction of sp³-hybridized carbons (Fsp3) is 0.278. The van der Waals surface area contributed by atoms with Gasteiger partial charge in [0.15, 0.2) is 0 Å². The number of carbonyl (C=O) groups excluding carboxylic acids is 2. The van der Waals surface area contributed by atoms with E-state index >= 15 is 0 Å². The Balaban J connectivity index is 1.87. The van der Waals surface area contributed by atoms with Crippen LogP contribution in [0.25, 0.3) is 0 Å². The highest BCUT2D eigenvalue weighted by Gasteiger charge is 2.37. The molecule has 50 heavy (non-hydrogen) atoms. The summed E-state index contributed by atoms with van der Waals surface area (Å²) in [5.74, 6) is -1.35. The molecule has 0 fully saturated rings. The van der Waals surface area contributed by atoms with Gasteiger partial charge in [0.1, 0.15) is 12.6 Å². The summed E-state index contributed by atoms with van der Waals surface area (Å²) in [6, 6.07) is 20.7. The minimum Gasteiger partial charge on any atom is -0.354 e. The quantitative estimate of drug-likeness (QED) is 0.130. The Hall–Kier alpha value is -3.77. The van der Waals surface area contributed by atoms with Crippen molar-refractivity contribution in [3.05, 3.63) is 128 Å². The lowest BCUT2D eigenvalue weighted by atomic mass is 10.0. The number of nitrogens with one attached hydrogen (secondary N) is 1. The minimum absolute atomic E-state index is 0.0513. The summed E-state index contributed by atoms with van der Waals surface area (Å²) >= 11 is 18.3. The van der Waals surface area contributed by atoms with Crippen molar-refractivity contribution in [2.45, 2.75) is 56.8 Å². The third-order valence-electron chi connectivity index (χ3n) is 7.87. The van der Waals surface area contributed by atoms with Crippen LogP contribution >= 0.6 is 34.8 Å². The van der Waals surface area contributed by atoms with E-state index < -0.39 is 56.9 Å². The Bertz CT molecular complexity index is 1910. The molecule has 0 saturated carbocycles. The fourth-order valence-corrected chi connectivity index (χ4v) is 7.10. The average Bonchev–Trinajstić information content (AvgIpc) is 3.07. The average molecular weight is 769 g/mol. The molecule has 0 bridgehead atoms. The third-order valence-corrected chi connectivity index (χ3v) is 10.7. The highest BCUT2D eigenvalue weighted by Crippen LogP contribution is 2.38. The van der Waals surface area contributed by atoms with Crippen molar-refractivity contribution < 1.29 is 31.2 Å². The van der Waals surface area contributed by atoms with E-state index in [0.717, 1.165) is 24.1 Å². The Morgan fingerprint density at radius 1 is 0.840 bits per heavy atom. The fourth-order valence-electron chi connectivity index (χ4n) is 5.15. The van der Waals surface area contributed by atoms with E-state index in [-0.39, 0.29) is 27.9 Å². The molecule has 4 rings (SSSR count). The number of rotatable bonds is 14. The van der Waals surface area contributed by atoms with Gasteiger partial charge >= 0.3 is 6.18 Å². The summed E-state index contributed by atoms with van der Waals surface area (Å²) in [7, 11) is -4.65. The monoisotopic (exact) mass is 767 g/mol. The summed E-state index contributed by atoms with van der Waals surface area (Å²) in [5, 5.41) is 2.67. The van der Waals surface area contributed by atoms with Crippen molar-refractivity contribution in [2.24, 2.45) is 0 Å². The van der Waals surface area contributed by atoms with Crippen LogP contribution in [0, 0.1) is 6.92 Å². The molecule has 0 aromatic heterocycles. The van der Waals surface area contributed by atoms with E-state index in [2.05, 4.69) is 5.32 Å². The Morgan fingerprint density at radius 3 is 2.12 bits per heavy atom. The first-order chi connectivity index (χ1) is 23.6. The lowest BCUT2D eigenvalue weighted by Crippen LogP contribution is -2.53. The van der Waals surface area contributed by atoms with Gasteiger partial charge in [-0.05, 0) is 66.9 Å². The van der Waals surface area contributed by atoms with Gasteiger partial charge in [-0.15, -0.1) is 0 Å². The van der Waals surface area contributed by atoms with Crippen LogP contribution in [0.5, 0.6) is 0 Å². The second kappa shape index (κ2) is 17.0. The topological polar surface area (TPSA) is 86.8 Å². The number of halogens is 6. The van der Waals surface area contributed by atoms with E-state index in [1.54, 1.807) is 43.3 Å². The molecule has 0 aliphatic rings. The summed E-state index contributed by atoms with van der Waals surface area (Å²) in [4.78, 5) is 29.4. The zero-order chi connectivity index (χ0) is 36.6. The highest BCUT2D eigenvalue weighted by atomic mass is 35.5. The molecule has 0 saturated heterocycles. The number of sulfonamides is 1. The molecular weight excluding hydrogens is 734 g/mol. The number of hydrogen-bond acceptors (Lipinski definition) is 4. The Morgan fingerprint density at radius 2 is 1.50 bits per heavy atom. The van der Waals surface area contributed by atoms with Gasteiger partial charge in [0.25, 0.3) is 10.0 Å². The molecule has 0 radical (unpaired) electrons. The van der Waals surface area contributed by atoms with Crippen LogP contribution < -0.4 is 9.62 Å². The predicted molar refractivity (Wildman–Crippen MR) is 191 cm³/mol. The Labute approximate surface area is 305 Å². The number of hydrogen-bond donors (Lipinski definition) is 1. The first kappa shape index (κ1) is 39.0. The standard InChI is InChI=1S/C36H35Cl3F3N3O4S/c1-3-4-18-43-35(47)33(20-25-8-6-5-7-9-25)44(22-26-12-16-31(38)32(39)19-26)34(46)23-45(50(48,49)28-14-10-24(2)11-15-28)27-13-17-30(37)29(21-27)36(40,41)42/h5-17,19,21,33H,3-4,18,20,22-23H2,1-2H3,(H,43,47)/t33-/m1/s1. The molecule has 4 aromatic carbocycles. The van der Waals surface area contributed by atoms with E-state index in [1.165, 1.54) is 41.3 Å². The van der Waals surface area contributed by atoms with Gasteiger partial charge in [-0.25, -0.2) is 8.42 Å². The molecule has 14 heteroatoms. The summed E-state index contributed by atoms with van der Waals surface area (Å²) in [5.41, 5.74) is 0.205. The van der Waals surface area contributed by atoms with Crippen LogP contribution in [0.3, 0.4) is 0 Å². The van der Waals surface area contributed by atoms with Gasteiger partial charge in [0.05, 0.1) is 31.2 Å². The zero-order valence-electron chi connectivity index (χ0n) is 27.2. The number of benzene rings is 4. The first-order valence-corrected chi connectivity index (χ1v) is 18.2. The minimum atomic E-state index is -4.92. The van der Waals surface area contributed by atoms with Gasteiger partial charge in [0.2, 0.25) is 11.8 Å². The molecule has 0 aliphatic carbocycles. The number of carbonyl (C=O) groups is 2. The molecule has 1 atom stereocenters. The summed E-state index contributed by atoms with van der Waals surface area (Å²) in [6.45, 7) is 2.86. The maximum Gasteiger partial charge on any atom is 0.417 e. The first-order valence-electron chi connectivity index (χ1n) is 15.6. The number of anilines is 1. The van der Waals surface area contributed by atoms with Crippen molar-refractivity contribution in [3.63, 3.8) is 0 Å².